The summed E-state index contributed by atoms with van der Waals surface area (Å²) in [6.45, 7) is 0. The Hall–Kier alpha value is -0.100. The molecule has 0 aromatic rings. The third kappa shape index (κ3) is 0.526. The fraction of sp³-hybridized carbons (Fsp3) is 0.667. The maximum atomic E-state index is 9.87. The van der Waals surface area contributed by atoms with Gasteiger partial charge in [0.05, 0.1) is 6.42 Å². The molecule has 2 unspecified atom stereocenters. The van der Waals surface area contributed by atoms with Gasteiger partial charge in [-0.15, -0.1) is 0 Å². The lowest BCUT2D eigenvalue weighted by molar-refractivity contribution is -0.160. The Morgan fingerprint density at radius 2 is 2.50 bits per heavy atom. The molecule has 1 rings (SSSR count). The molecular formula is C3H5O2P. The van der Waals surface area contributed by atoms with E-state index in [-0.39, 0.29) is 11.8 Å². The van der Waals surface area contributed by atoms with E-state index in [1.165, 1.54) is 0 Å². The molecule has 1 aliphatic rings. The molecule has 6 heavy (non-hydrogen) atoms. The monoisotopic (exact) mass is 104 g/mol. The molecule has 0 radical (unpaired) electrons. The third-order valence-electron chi connectivity index (χ3n) is 0.651. The Labute approximate surface area is 38.1 Å². The zero-order valence-corrected chi connectivity index (χ0v) is 4.33. The van der Waals surface area contributed by atoms with E-state index in [9.17, 15) is 4.79 Å². The lowest BCUT2D eigenvalue weighted by Gasteiger charge is -2.19. The Morgan fingerprint density at radius 1 is 2.00 bits per heavy atom. The summed E-state index contributed by atoms with van der Waals surface area (Å²) in [6, 6.07) is 0. The molecule has 3 heteroatoms. The maximum absolute atomic E-state index is 9.87. The number of hydrogen-bond acceptors (Lipinski definition) is 2. The van der Waals surface area contributed by atoms with Crippen molar-refractivity contribution in [3.8, 4) is 0 Å². The fourth-order valence-electron chi connectivity index (χ4n) is 0.323. The van der Waals surface area contributed by atoms with E-state index in [2.05, 4.69) is 14.0 Å². The standard InChI is InChI=1S/C3H5O2P/c4-2-1-3(6)5-2/h3H,1,6H2. The normalized spacial score (nSPS) is 31.5. The van der Waals surface area contributed by atoms with Crippen molar-refractivity contribution in [2.45, 2.75) is 12.3 Å². The molecule has 0 aromatic heterocycles. The van der Waals surface area contributed by atoms with Crippen LogP contribution in [0.5, 0.6) is 0 Å². The van der Waals surface area contributed by atoms with Crippen molar-refractivity contribution in [3.05, 3.63) is 0 Å². The number of esters is 1. The van der Waals surface area contributed by atoms with Gasteiger partial charge in [-0.2, -0.15) is 0 Å². The Kier molecular flexibility index (Phi) is 0.810. The zero-order valence-electron chi connectivity index (χ0n) is 3.18. The first-order valence-corrected chi connectivity index (χ1v) is 2.41. The summed E-state index contributed by atoms with van der Waals surface area (Å²) >= 11 is 0. The molecule has 1 aliphatic heterocycles. The Bertz CT molecular complexity index is 72.9. The van der Waals surface area contributed by atoms with Gasteiger partial charge in [-0.05, 0) is 0 Å². The average molecular weight is 104 g/mol. The van der Waals surface area contributed by atoms with Gasteiger partial charge < -0.3 is 4.74 Å². The summed E-state index contributed by atoms with van der Waals surface area (Å²) in [5.74, 6) is 0.0208. The molecule has 0 saturated carbocycles. The topological polar surface area (TPSA) is 26.3 Å². The number of hydrogen-bond donors (Lipinski definition) is 0. The molecule has 34 valence electrons. The van der Waals surface area contributed by atoms with Crippen molar-refractivity contribution in [3.63, 3.8) is 0 Å². The molecule has 2 atom stereocenters. The third-order valence-corrected chi connectivity index (χ3v) is 1.02. The molecule has 2 nitrogen and oxygen atoms in total. The molecule has 0 amide bonds. The Balaban J connectivity index is 2.28. The van der Waals surface area contributed by atoms with Gasteiger partial charge in [-0.1, -0.05) is 9.24 Å². The van der Waals surface area contributed by atoms with Crippen molar-refractivity contribution in [2.24, 2.45) is 0 Å². The fourth-order valence-corrected chi connectivity index (χ4v) is 0.668. The highest BCUT2D eigenvalue weighted by atomic mass is 31.0. The highest BCUT2D eigenvalue weighted by Gasteiger charge is 2.22. The highest BCUT2D eigenvalue weighted by molar-refractivity contribution is 7.17. The number of ether oxygens (including phenoxy) is 1. The number of carbonyl (C=O) groups excluding carboxylic acids is 1. The van der Waals surface area contributed by atoms with E-state index in [0.29, 0.717) is 6.42 Å². The summed E-state index contributed by atoms with van der Waals surface area (Å²) in [4.78, 5) is 9.87. The molecular weight excluding hydrogens is 99.0 g/mol. The second-order valence-electron chi connectivity index (χ2n) is 1.23. The zero-order chi connectivity index (χ0) is 4.57. The van der Waals surface area contributed by atoms with Crippen LogP contribution in [0, 0.1) is 0 Å². The largest absolute Gasteiger partial charge is 0.458 e. The van der Waals surface area contributed by atoms with E-state index in [4.69, 9.17) is 0 Å². The van der Waals surface area contributed by atoms with E-state index in [1.807, 2.05) is 0 Å². The van der Waals surface area contributed by atoms with Gasteiger partial charge in [-0.3, -0.25) is 4.79 Å². The number of cyclic esters (lactones) is 1. The van der Waals surface area contributed by atoms with Gasteiger partial charge >= 0.3 is 5.97 Å². The highest BCUT2D eigenvalue weighted by Crippen LogP contribution is 2.18. The van der Waals surface area contributed by atoms with Gasteiger partial charge in [0.15, 0.2) is 0 Å². The van der Waals surface area contributed by atoms with Crippen molar-refractivity contribution in [1.29, 1.82) is 0 Å². The van der Waals surface area contributed by atoms with Gasteiger partial charge in [-0.25, -0.2) is 0 Å². The summed E-state index contributed by atoms with van der Waals surface area (Å²) in [5, 5.41) is 0. The van der Waals surface area contributed by atoms with Crippen molar-refractivity contribution in [1.82, 2.24) is 0 Å². The second kappa shape index (κ2) is 1.19. The minimum Gasteiger partial charge on any atom is -0.458 e. The predicted molar refractivity (Wildman–Crippen MR) is 24.2 cm³/mol. The molecule has 0 aromatic carbocycles. The van der Waals surface area contributed by atoms with Crippen LogP contribution in [0.1, 0.15) is 6.42 Å². The Morgan fingerprint density at radius 3 is 2.50 bits per heavy atom. The lowest BCUT2D eigenvalue weighted by atomic mass is 10.4. The van der Waals surface area contributed by atoms with Crippen LogP contribution in [-0.2, 0) is 9.53 Å². The van der Waals surface area contributed by atoms with Crippen LogP contribution >= 0.6 is 9.24 Å². The summed E-state index contributed by atoms with van der Waals surface area (Å²) in [5.41, 5.74) is 0. The predicted octanol–water partition coefficient (Wildman–Crippen LogP) is 0.134. The molecule has 1 fully saturated rings. The van der Waals surface area contributed by atoms with Gasteiger partial charge in [0.1, 0.15) is 5.85 Å². The van der Waals surface area contributed by atoms with Gasteiger partial charge in [0.25, 0.3) is 0 Å². The second-order valence-corrected chi connectivity index (χ2v) is 1.98. The quantitative estimate of drug-likeness (QED) is 0.322. The van der Waals surface area contributed by atoms with E-state index < -0.39 is 0 Å². The minimum atomic E-state index is -0.0880. The van der Waals surface area contributed by atoms with Crippen LogP contribution in [0.15, 0.2) is 0 Å². The van der Waals surface area contributed by atoms with Crippen molar-refractivity contribution in [2.75, 3.05) is 0 Å². The van der Waals surface area contributed by atoms with Gasteiger partial charge in [0, 0.05) is 0 Å². The molecule has 0 N–H and O–H groups in total. The van der Waals surface area contributed by atoms with Crippen LogP contribution in [-0.4, -0.2) is 11.8 Å². The van der Waals surface area contributed by atoms with Crippen LogP contribution in [0.25, 0.3) is 0 Å². The first-order chi connectivity index (χ1) is 2.79. The minimum absolute atomic E-state index is 0.0880. The van der Waals surface area contributed by atoms with Crippen LogP contribution < -0.4 is 0 Å². The van der Waals surface area contributed by atoms with Crippen molar-refractivity contribution >= 4 is 15.2 Å². The molecule has 1 saturated heterocycles. The molecule has 1 heterocycles. The summed E-state index contributed by atoms with van der Waals surface area (Å²) in [7, 11) is 2.40. The first-order valence-electron chi connectivity index (χ1n) is 1.74. The summed E-state index contributed by atoms with van der Waals surface area (Å²) in [6.07, 6.45) is 0.574. The summed E-state index contributed by atoms with van der Waals surface area (Å²) < 4.78 is 4.46. The average Bonchev–Trinajstić information content (AvgIpc) is 1.33. The van der Waals surface area contributed by atoms with Crippen LogP contribution in [0.3, 0.4) is 0 Å². The van der Waals surface area contributed by atoms with E-state index in [1.54, 1.807) is 0 Å². The van der Waals surface area contributed by atoms with E-state index >= 15 is 0 Å². The first kappa shape index (κ1) is 4.07. The lowest BCUT2D eigenvalue weighted by Crippen LogP contribution is -2.26. The van der Waals surface area contributed by atoms with E-state index in [0.717, 1.165) is 0 Å². The number of carbonyl (C=O) groups is 1. The SMILES string of the molecule is O=C1CC(P)O1. The van der Waals surface area contributed by atoms with Gasteiger partial charge in [0.2, 0.25) is 0 Å². The molecule has 0 bridgehead atoms. The molecule has 0 aliphatic carbocycles. The van der Waals surface area contributed by atoms with Crippen molar-refractivity contribution < 1.29 is 9.53 Å². The smallest absolute Gasteiger partial charge is 0.310 e. The van der Waals surface area contributed by atoms with Crippen LogP contribution in [0.4, 0.5) is 0 Å². The number of rotatable bonds is 0. The van der Waals surface area contributed by atoms with Crippen LogP contribution in [0.2, 0.25) is 0 Å². The molecule has 0 spiro atoms. The maximum Gasteiger partial charge on any atom is 0.310 e.